The number of imidazole rings is 1. The highest BCUT2D eigenvalue weighted by atomic mass is 16.2. The number of hydrogen-bond acceptors (Lipinski definition) is 3. The molecule has 2 fully saturated rings. The fourth-order valence-corrected chi connectivity index (χ4v) is 4.19. The third-order valence-corrected chi connectivity index (χ3v) is 5.60. The van der Waals surface area contributed by atoms with Crippen LogP contribution in [0.1, 0.15) is 78.9 Å². The Morgan fingerprint density at radius 3 is 2.19 bits per heavy atom. The molecule has 0 aliphatic heterocycles. The van der Waals surface area contributed by atoms with E-state index in [1.54, 1.807) is 10.6 Å². The predicted molar refractivity (Wildman–Crippen MR) is 99.3 cm³/mol. The van der Waals surface area contributed by atoms with Crippen LogP contribution in [0.2, 0.25) is 0 Å². The average Bonchev–Trinajstić information content (AvgIpc) is 3.30. The van der Waals surface area contributed by atoms with E-state index in [0.29, 0.717) is 17.0 Å². The lowest BCUT2D eigenvalue weighted by atomic mass is 9.95. The summed E-state index contributed by atoms with van der Waals surface area (Å²) in [5.41, 5.74) is 1.02. The van der Waals surface area contributed by atoms with E-state index in [2.05, 4.69) is 15.6 Å². The van der Waals surface area contributed by atoms with Crippen molar-refractivity contribution in [2.45, 2.75) is 69.9 Å². The van der Waals surface area contributed by atoms with E-state index in [-0.39, 0.29) is 23.9 Å². The zero-order chi connectivity index (χ0) is 17.9. The Hall–Kier alpha value is -2.37. The number of carbonyl (C=O) groups excluding carboxylic acids is 2. The molecule has 6 heteroatoms. The molecule has 138 valence electrons. The molecule has 4 rings (SSSR count). The van der Waals surface area contributed by atoms with Gasteiger partial charge in [-0.05, 0) is 37.8 Å². The molecular weight excluding hydrogens is 328 g/mol. The highest BCUT2D eigenvalue weighted by Gasteiger charge is 2.25. The second kappa shape index (κ2) is 7.48. The van der Waals surface area contributed by atoms with Gasteiger partial charge in [-0.3, -0.25) is 14.0 Å². The SMILES string of the molecule is O=C(NC1CCCCC1)c1nc(C(=O)NC2CCCC2)n2ccccc12. The Morgan fingerprint density at radius 1 is 0.885 bits per heavy atom. The first kappa shape index (κ1) is 17.1. The zero-order valence-electron chi connectivity index (χ0n) is 15.0. The molecule has 2 aliphatic rings. The number of fused-ring (bicyclic) bond motifs is 1. The summed E-state index contributed by atoms with van der Waals surface area (Å²) >= 11 is 0. The van der Waals surface area contributed by atoms with Crippen LogP contribution in [-0.2, 0) is 0 Å². The van der Waals surface area contributed by atoms with Crippen molar-refractivity contribution in [1.82, 2.24) is 20.0 Å². The lowest BCUT2D eigenvalue weighted by Gasteiger charge is -2.22. The number of amides is 2. The molecule has 2 aromatic rings. The molecule has 0 spiro atoms. The second-order valence-corrected chi connectivity index (χ2v) is 7.50. The van der Waals surface area contributed by atoms with E-state index in [0.717, 1.165) is 51.4 Å². The van der Waals surface area contributed by atoms with Crippen LogP contribution in [0.15, 0.2) is 24.4 Å². The summed E-state index contributed by atoms with van der Waals surface area (Å²) in [5, 5.41) is 6.17. The third kappa shape index (κ3) is 3.45. The Labute approximate surface area is 153 Å². The molecule has 6 nitrogen and oxygen atoms in total. The summed E-state index contributed by atoms with van der Waals surface area (Å²) in [4.78, 5) is 29.9. The molecule has 0 aromatic carbocycles. The molecule has 26 heavy (non-hydrogen) atoms. The minimum Gasteiger partial charge on any atom is -0.348 e. The maximum Gasteiger partial charge on any atom is 0.287 e. The molecule has 2 N–H and O–H groups in total. The molecule has 2 amide bonds. The van der Waals surface area contributed by atoms with Crippen molar-refractivity contribution in [3.05, 3.63) is 35.9 Å². The van der Waals surface area contributed by atoms with Gasteiger partial charge >= 0.3 is 0 Å². The molecule has 0 saturated heterocycles. The van der Waals surface area contributed by atoms with Gasteiger partial charge in [0.2, 0.25) is 5.82 Å². The molecule has 2 saturated carbocycles. The van der Waals surface area contributed by atoms with Crippen LogP contribution in [0.25, 0.3) is 5.52 Å². The van der Waals surface area contributed by atoms with E-state index >= 15 is 0 Å². The average molecular weight is 354 g/mol. The molecular formula is C20H26N4O2. The Bertz CT molecular complexity index is 801. The number of hydrogen-bond donors (Lipinski definition) is 2. The topological polar surface area (TPSA) is 75.5 Å². The molecule has 0 atom stereocenters. The smallest absolute Gasteiger partial charge is 0.287 e. The summed E-state index contributed by atoms with van der Waals surface area (Å²) in [7, 11) is 0. The maximum absolute atomic E-state index is 12.8. The van der Waals surface area contributed by atoms with Gasteiger partial charge in [0.05, 0.1) is 5.52 Å². The number of nitrogens with zero attached hydrogens (tertiary/aromatic N) is 2. The molecule has 0 bridgehead atoms. The molecule has 2 heterocycles. The van der Waals surface area contributed by atoms with Crippen LogP contribution in [0, 0.1) is 0 Å². The lowest BCUT2D eigenvalue weighted by Crippen LogP contribution is -2.36. The standard InChI is InChI=1S/C20H26N4O2/c25-19(21-14-8-2-1-3-9-14)17-16-12-6-7-13-24(16)18(23-17)20(26)22-15-10-4-5-11-15/h6-7,12-15H,1-5,8-11H2,(H,21,25)(H,22,26). The van der Waals surface area contributed by atoms with Gasteiger partial charge in [-0.2, -0.15) is 0 Å². The number of pyridine rings is 1. The zero-order valence-corrected chi connectivity index (χ0v) is 15.0. The van der Waals surface area contributed by atoms with Gasteiger partial charge in [0.1, 0.15) is 0 Å². The number of rotatable bonds is 4. The minimum absolute atomic E-state index is 0.180. The summed E-state index contributed by atoms with van der Waals surface area (Å²) in [6, 6.07) is 6.00. The van der Waals surface area contributed by atoms with Crippen LogP contribution >= 0.6 is 0 Å². The molecule has 2 aliphatic carbocycles. The number of aromatic nitrogens is 2. The van der Waals surface area contributed by atoms with E-state index in [9.17, 15) is 9.59 Å². The van der Waals surface area contributed by atoms with Crippen molar-refractivity contribution in [2.24, 2.45) is 0 Å². The van der Waals surface area contributed by atoms with Crippen molar-refractivity contribution in [2.75, 3.05) is 0 Å². The van der Waals surface area contributed by atoms with Crippen molar-refractivity contribution in [3.8, 4) is 0 Å². The minimum atomic E-state index is -0.199. The third-order valence-electron chi connectivity index (χ3n) is 5.60. The van der Waals surface area contributed by atoms with Gasteiger partial charge in [-0.15, -0.1) is 0 Å². The van der Waals surface area contributed by atoms with Gasteiger partial charge in [0.15, 0.2) is 5.69 Å². The summed E-state index contributed by atoms with van der Waals surface area (Å²) < 4.78 is 1.72. The summed E-state index contributed by atoms with van der Waals surface area (Å²) in [5.74, 6) is -0.0865. The molecule has 2 aromatic heterocycles. The van der Waals surface area contributed by atoms with Crippen LogP contribution in [0.5, 0.6) is 0 Å². The van der Waals surface area contributed by atoms with Gasteiger partial charge in [-0.25, -0.2) is 4.98 Å². The number of carbonyl (C=O) groups is 2. The Balaban J connectivity index is 1.58. The summed E-state index contributed by atoms with van der Waals surface area (Å²) in [6.45, 7) is 0. The molecule has 0 radical (unpaired) electrons. The van der Waals surface area contributed by atoms with E-state index in [1.807, 2.05) is 18.2 Å². The Morgan fingerprint density at radius 2 is 1.50 bits per heavy atom. The van der Waals surface area contributed by atoms with Crippen LogP contribution in [-0.4, -0.2) is 33.3 Å². The van der Waals surface area contributed by atoms with Crippen LogP contribution in [0.4, 0.5) is 0 Å². The van der Waals surface area contributed by atoms with Gasteiger partial charge in [0, 0.05) is 18.3 Å². The highest BCUT2D eigenvalue weighted by molar-refractivity contribution is 6.02. The first-order valence-electron chi connectivity index (χ1n) is 9.81. The van der Waals surface area contributed by atoms with Gasteiger partial charge in [-0.1, -0.05) is 38.2 Å². The van der Waals surface area contributed by atoms with Gasteiger partial charge < -0.3 is 10.6 Å². The fraction of sp³-hybridized carbons (Fsp3) is 0.550. The number of nitrogens with one attached hydrogen (secondary N) is 2. The van der Waals surface area contributed by atoms with Crippen LogP contribution in [0.3, 0.4) is 0 Å². The van der Waals surface area contributed by atoms with Gasteiger partial charge in [0.25, 0.3) is 11.8 Å². The van der Waals surface area contributed by atoms with Crippen molar-refractivity contribution < 1.29 is 9.59 Å². The van der Waals surface area contributed by atoms with E-state index < -0.39 is 0 Å². The summed E-state index contributed by atoms with van der Waals surface area (Å²) in [6.07, 6.45) is 11.7. The highest BCUT2D eigenvalue weighted by Crippen LogP contribution is 2.20. The maximum atomic E-state index is 12.8. The van der Waals surface area contributed by atoms with Crippen LogP contribution < -0.4 is 10.6 Å². The quantitative estimate of drug-likeness (QED) is 0.886. The van der Waals surface area contributed by atoms with E-state index in [1.165, 1.54) is 6.42 Å². The lowest BCUT2D eigenvalue weighted by molar-refractivity contribution is 0.0924. The van der Waals surface area contributed by atoms with E-state index in [4.69, 9.17) is 0 Å². The second-order valence-electron chi connectivity index (χ2n) is 7.50. The van der Waals surface area contributed by atoms with Crippen molar-refractivity contribution >= 4 is 17.3 Å². The fourth-order valence-electron chi connectivity index (χ4n) is 4.19. The normalized spacial score (nSPS) is 18.9. The Kier molecular flexibility index (Phi) is 4.91. The first-order valence-corrected chi connectivity index (χ1v) is 9.81. The largest absolute Gasteiger partial charge is 0.348 e. The first-order chi connectivity index (χ1) is 12.7. The predicted octanol–water partition coefficient (Wildman–Crippen LogP) is 3.07. The van der Waals surface area contributed by atoms with Crippen molar-refractivity contribution in [3.63, 3.8) is 0 Å². The van der Waals surface area contributed by atoms with Crippen molar-refractivity contribution in [1.29, 1.82) is 0 Å². The monoisotopic (exact) mass is 354 g/mol. The molecule has 0 unspecified atom stereocenters.